The molecule has 5 heteroatoms. The van der Waals surface area contributed by atoms with Crippen molar-refractivity contribution in [2.75, 3.05) is 12.3 Å². The first-order valence-electron chi connectivity index (χ1n) is 10.9. The van der Waals surface area contributed by atoms with Crippen molar-refractivity contribution >= 4 is 16.6 Å². The molecule has 5 nitrogen and oxygen atoms in total. The van der Waals surface area contributed by atoms with Gasteiger partial charge in [0.05, 0.1) is 12.7 Å². The molecule has 3 heterocycles. The molecule has 0 fully saturated rings. The molecule has 2 aromatic carbocycles. The van der Waals surface area contributed by atoms with E-state index in [0.29, 0.717) is 5.82 Å². The Morgan fingerprint density at radius 2 is 1.78 bits per heavy atom. The van der Waals surface area contributed by atoms with Crippen LogP contribution in [0.15, 0.2) is 91.0 Å². The van der Waals surface area contributed by atoms with Crippen molar-refractivity contribution in [3.05, 3.63) is 113 Å². The monoisotopic (exact) mass is 421 g/mol. The summed E-state index contributed by atoms with van der Waals surface area (Å²) >= 11 is 0. The lowest BCUT2D eigenvalue weighted by Gasteiger charge is -2.23. The summed E-state index contributed by atoms with van der Waals surface area (Å²) in [4.78, 5) is 6.49. The molecule has 1 aliphatic rings. The summed E-state index contributed by atoms with van der Waals surface area (Å²) in [5.41, 5.74) is 12.4. The predicted molar refractivity (Wildman–Crippen MR) is 130 cm³/mol. The van der Waals surface area contributed by atoms with Crippen molar-refractivity contribution < 1.29 is 0 Å². The van der Waals surface area contributed by atoms with E-state index >= 15 is 0 Å². The van der Waals surface area contributed by atoms with E-state index < -0.39 is 0 Å². The maximum atomic E-state index is 5.97. The minimum Gasteiger partial charge on any atom is -0.383 e. The quantitative estimate of drug-likeness (QED) is 0.483. The number of anilines is 1. The van der Waals surface area contributed by atoms with Gasteiger partial charge >= 0.3 is 0 Å². The highest BCUT2D eigenvalue weighted by atomic mass is 15.3. The number of allylic oxidation sites excluding steroid dienone is 2. The molecule has 0 amide bonds. The Hall–Kier alpha value is -3.86. The van der Waals surface area contributed by atoms with Gasteiger partial charge in [0.15, 0.2) is 0 Å². The average molecular weight is 422 g/mol. The van der Waals surface area contributed by atoms with Gasteiger partial charge in [-0.05, 0) is 71.0 Å². The van der Waals surface area contributed by atoms with E-state index in [9.17, 15) is 0 Å². The van der Waals surface area contributed by atoms with Crippen molar-refractivity contribution in [3.8, 4) is 0 Å². The molecule has 0 unspecified atom stereocenters. The second-order valence-corrected chi connectivity index (χ2v) is 8.48. The van der Waals surface area contributed by atoms with Crippen LogP contribution in [0, 0.1) is 6.92 Å². The van der Waals surface area contributed by atoms with Crippen LogP contribution in [0.2, 0.25) is 0 Å². The molecule has 0 bridgehead atoms. The summed E-state index contributed by atoms with van der Waals surface area (Å²) in [5.74, 6) is 0.587. The molecule has 32 heavy (non-hydrogen) atoms. The van der Waals surface area contributed by atoms with E-state index in [0.717, 1.165) is 36.8 Å². The normalized spacial score (nSPS) is 13.5. The van der Waals surface area contributed by atoms with Crippen molar-refractivity contribution in [2.24, 2.45) is 0 Å². The maximum Gasteiger partial charge on any atom is 0.131 e. The molecule has 5 rings (SSSR count). The molecule has 0 saturated heterocycles. The third kappa shape index (κ3) is 4.57. The van der Waals surface area contributed by atoms with Crippen LogP contribution in [-0.2, 0) is 19.5 Å². The zero-order valence-corrected chi connectivity index (χ0v) is 18.3. The second-order valence-electron chi connectivity index (χ2n) is 8.48. The van der Waals surface area contributed by atoms with Gasteiger partial charge in [0.2, 0.25) is 0 Å². The van der Waals surface area contributed by atoms with Crippen LogP contribution in [0.1, 0.15) is 22.3 Å². The summed E-state index contributed by atoms with van der Waals surface area (Å²) in [7, 11) is 0. The summed E-state index contributed by atoms with van der Waals surface area (Å²) in [6.45, 7) is 4.66. The molecule has 160 valence electrons. The Morgan fingerprint density at radius 3 is 2.53 bits per heavy atom. The lowest BCUT2D eigenvalue weighted by atomic mass is 10.0. The van der Waals surface area contributed by atoms with Gasteiger partial charge in [-0.15, -0.1) is 0 Å². The summed E-state index contributed by atoms with van der Waals surface area (Å²) in [6.07, 6.45) is 13.4. The van der Waals surface area contributed by atoms with Gasteiger partial charge in [0.1, 0.15) is 5.82 Å². The Bertz CT molecular complexity index is 1300. The van der Waals surface area contributed by atoms with Crippen LogP contribution < -0.4 is 5.73 Å². The van der Waals surface area contributed by atoms with E-state index in [1.807, 2.05) is 16.9 Å². The molecule has 0 saturated carbocycles. The number of aryl methyl sites for hydroxylation is 1. The van der Waals surface area contributed by atoms with Crippen LogP contribution in [0.25, 0.3) is 10.8 Å². The Labute approximate surface area is 188 Å². The van der Waals surface area contributed by atoms with E-state index in [1.54, 1.807) is 6.20 Å². The molecule has 2 N–H and O–H groups in total. The number of pyridine rings is 1. The standard InChI is InChI=1S/C27H27N5/c1-20-16-30-32(17-20)19-23-4-2-21(3-5-23)14-22-9-12-31(13-10-22)18-24-6-7-26-25(15-24)8-11-29-27(26)28/h2-12,15-17H,13-14,18-19H2,1H3,(H2,28,29). The Kier molecular flexibility index (Phi) is 5.46. The first kappa shape index (κ1) is 20.1. The number of hydrogen-bond donors (Lipinski definition) is 1. The molecule has 4 aromatic rings. The number of aromatic nitrogens is 3. The third-order valence-corrected chi connectivity index (χ3v) is 5.87. The minimum absolute atomic E-state index is 0.587. The lowest BCUT2D eigenvalue weighted by Crippen LogP contribution is -2.19. The highest BCUT2D eigenvalue weighted by Crippen LogP contribution is 2.22. The van der Waals surface area contributed by atoms with Crippen molar-refractivity contribution in [1.29, 1.82) is 0 Å². The van der Waals surface area contributed by atoms with Crippen LogP contribution >= 0.6 is 0 Å². The largest absolute Gasteiger partial charge is 0.383 e. The van der Waals surface area contributed by atoms with Crippen molar-refractivity contribution in [1.82, 2.24) is 19.7 Å². The number of nitrogen functional groups attached to an aromatic ring is 1. The molecule has 0 spiro atoms. The van der Waals surface area contributed by atoms with Gasteiger partial charge in [0, 0.05) is 30.9 Å². The second kappa shape index (κ2) is 8.71. The van der Waals surface area contributed by atoms with E-state index in [2.05, 4.69) is 88.9 Å². The minimum atomic E-state index is 0.587. The average Bonchev–Trinajstić information content (AvgIpc) is 3.21. The lowest BCUT2D eigenvalue weighted by molar-refractivity contribution is 0.403. The highest BCUT2D eigenvalue weighted by molar-refractivity contribution is 5.91. The molecule has 2 aromatic heterocycles. The van der Waals surface area contributed by atoms with Gasteiger partial charge in [0.25, 0.3) is 0 Å². The first-order chi connectivity index (χ1) is 15.6. The molecule has 0 atom stereocenters. The third-order valence-electron chi connectivity index (χ3n) is 5.87. The SMILES string of the molecule is Cc1cnn(Cc2ccc(CC3=CCN(Cc4ccc5c(N)nccc5c4)C=C3)cc2)c1. The topological polar surface area (TPSA) is 60.0 Å². The number of fused-ring (bicyclic) bond motifs is 1. The number of nitrogens with zero attached hydrogens (tertiary/aromatic N) is 4. The fourth-order valence-electron chi connectivity index (χ4n) is 4.14. The number of rotatable bonds is 6. The van der Waals surface area contributed by atoms with Crippen molar-refractivity contribution in [3.63, 3.8) is 0 Å². The van der Waals surface area contributed by atoms with E-state index in [4.69, 9.17) is 5.73 Å². The number of hydrogen-bond acceptors (Lipinski definition) is 4. The van der Waals surface area contributed by atoms with Gasteiger partial charge in [-0.1, -0.05) is 42.5 Å². The van der Waals surface area contributed by atoms with E-state index in [1.165, 1.54) is 27.8 Å². The molecular weight excluding hydrogens is 394 g/mol. The highest BCUT2D eigenvalue weighted by Gasteiger charge is 2.08. The maximum absolute atomic E-state index is 5.97. The van der Waals surface area contributed by atoms with E-state index in [-0.39, 0.29) is 0 Å². The van der Waals surface area contributed by atoms with Gasteiger partial charge in [-0.3, -0.25) is 4.68 Å². The molecule has 0 aliphatic carbocycles. The summed E-state index contributed by atoms with van der Waals surface area (Å²) in [6, 6.07) is 17.3. The fraction of sp³-hybridized carbons (Fsp3) is 0.185. The summed E-state index contributed by atoms with van der Waals surface area (Å²) in [5, 5.41) is 6.52. The fourth-order valence-corrected chi connectivity index (χ4v) is 4.14. The smallest absolute Gasteiger partial charge is 0.131 e. The Balaban J connectivity index is 1.17. The Morgan fingerprint density at radius 1 is 0.969 bits per heavy atom. The number of benzene rings is 2. The van der Waals surface area contributed by atoms with Crippen LogP contribution in [0.3, 0.4) is 0 Å². The number of nitrogens with two attached hydrogens (primary N) is 1. The van der Waals surface area contributed by atoms with Gasteiger partial charge < -0.3 is 10.6 Å². The van der Waals surface area contributed by atoms with Crippen LogP contribution in [0.4, 0.5) is 5.82 Å². The molecule has 1 aliphatic heterocycles. The first-order valence-corrected chi connectivity index (χ1v) is 10.9. The zero-order chi connectivity index (χ0) is 21.9. The summed E-state index contributed by atoms with van der Waals surface area (Å²) < 4.78 is 1.98. The predicted octanol–water partition coefficient (Wildman–Crippen LogP) is 4.87. The zero-order valence-electron chi connectivity index (χ0n) is 18.3. The van der Waals surface area contributed by atoms with Crippen LogP contribution in [0.5, 0.6) is 0 Å². The van der Waals surface area contributed by atoms with Gasteiger partial charge in [-0.25, -0.2) is 4.98 Å². The molecular formula is C27H27N5. The van der Waals surface area contributed by atoms with Crippen molar-refractivity contribution in [2.45, 2.75) is 26.4 Å². The molecule has 0 radical (unpaired) electrons. The van der Waals surface area contributed by atoms with Gasteiger partial charge in [-0.2, -0.15) is 5.10 Å². The van der Waals surface area contributed by atoms with Crippen LogP contribution in [-0.4, -0.2) is 26.2 Å².